The Balaban J connectivity index is 0. The van der Waals surface area contributed by atoms with Crippen LogP contribution in [0.5, 0.6) is 0 Å². The molecular formula is C7H7BiCl3. The Hall–Kier alpha value is 0.973. The predicted molar refractivity (Wildman–Crippen MR) is 53.5 cm³/mol. The van der Waals surface area contributed by atoms with E-state index in [0.717, 1.165) is 0 Å². The second-order valence-corrected chi connectivity index (χ2v) is 3.38. The van der Waals surface area contributed by atoms with Gasteiger partial charge in [0.2, 0.25) is 0 Å². The van der Waals surface area contributed by atoms with Gasteiger partial charge in [0.15, 0.2) is 4.30 Å². The average molecular weight is 406 g/mol. The van der Waals surface area contributed by atoms with Crippen molar-refractivity contribution < 1.29 is 0 Å². The van der Waals surface area contributed by atoms with Gasteiger partial charge in [-0.1, -0.05) is 71.2 Å². The maximum Gasteiger partial charge on any atom is 0.180 e. The van der Waals surface area contributed by atoms with Gasteiger partial charge in [0.05, 0.1) is 0 Å². The van der Waals surface area contributed by atoms with E-state index in [9.17, 15) is 0 Å². The molecule has 0 fully saturated rings. The number of rotatable bonds is 0. The van der Waals surface area contributed by atoms with E-state index in [-0.39, 0.29) is 26.2 Å². The summed E-state index contributed by atoms with van der Waals surface area (Å²) in [6.45, 7) is 0. The van der Waals surface area contributed by atoms with Crippen molar-refractivity contribution in [1.82, 2.24) is 0 Å². The van der Waals surface area contributed by atoms with Gasteiger partial charge in [-0.3, -0.25) is 0 Å². The van der Waals surface area contributed by atoms with Crippen LogP contribution in [0.1, 0.15) is 0 Å². The molecule has 0 aliphatic heterocycles. The van der Waals surface area contributed by atoms with Crippen LogP contribution in [0.4, 0.5) is 0 Å². The predicted octanol–water partition coefficient (Wildman–Crippen LogP) is 3.29. The Kier molecular flexibility index (Phi) is 14.5. The van der Waals surface area contributed by atoms with Gasteiger partial charge in [0.1, 0.15) is 0 Å². The minimum absolute atomic E-state index is 0. The van der Waals surface area contributed by atoms with Crippen LogP contribution in [-0.2, 0) is 0 Å². The zero-order valence-electron chi connectivity index (χ0n) is 5.62. The topological polar surface area (TPSA) is 0 Å². The van der Waals surface area contributed by atoms with Gasteiger partial charge in [0, 0.05) is 26.2 Å². The third-order valence-corrected chi connectivity index (χ3v) is 0.667. The molecule has 0 unspecified atom stereocenters. The smallest absolute Gasteiger partial charge is 0.0874 e. The maximum atomic E-state index is 4.81. The summed E-state index contributed by atoms with van der Waals surface area (Å²) in [7, 11) is 0. The molecule has 0 aliphatic carbocycles. The fourth-order valence-corrected chi connectivity index (χ4v) is 0.385. The minimum atomic E-state index is -0.750. The first-order chi connectivity index (χ1) is 4.73. The molecule has 0 aromatic heterocycles. The summed E-state index contributed by atoms with van der Waals surface area (Å²) in [4.78, 5) is 0. The van der Waals surface area contributed by atoms with Gasteiger partial charge in [-0.2, -0.15) is 0 Å². The first kappa shape index (κ1) is 14.5. The van der Waals surface area contributed by atoms with Gasteiger partial charge in [-0.25, -0.2) is 0 Å². The second kappa shape index (κ2) is 11.0. The van der Waals surface area contributed by atoms with Crippen molar-refractivity contribution in [2.24, 2.45) is 0 Å². The van der Waals surface area contributed by atoms with Crippen molar-refractivity contribution in [1.29, 1.82) is 0 Å². The quantitative estimate of drug-likeness (QED) is 0.458. The van der Waals surface area contributed by atoms with Gasteiger partial charge >= 0.3 is 0 Å². The number of halogens is 3. The molecule has 0 atom stereocenters. The molecule has 1 rings (SSSR count). The van der Waals surface area contributed by atoms with Gasteiger partial charge in [-0.05, 0) is 0 Å². The molecule has 4 heteroatoms. The third-order valence-electron chi connectivity index (χ3n) is 0.667. The summed E-state index contributed by atoms with van der Waals surface area (Å²) in [6.07, 6.45) is 0. The zero-order valence-corrected chi connectivity index (χ0v) is 11.4. The van der Waals surface area contributed by atoms with Crippen LogP contribution in [0.2, 0.25) is 0 Å². The van der Waals surface area contributed by atoms with Crippen molar-refractivity contribution in [3.05, 3.63) is 36.4 Å². The number of hydrogen-bond acceptors (Lipinski definition) is 0. The van der Waals surface area contributed by atoms with E-state index in [0.29, 0.717) is 0 Å². The van der Waals surface area contributed by atoms with E-state index < -0.39 is 4.30 Å². The summed E-state index contributed by atoms with van der Waals surface area (Å²) in [5.41, 5.74) is 0. The molecule has 61 valence electrons. The Morgan fingerprint density at radius 1 is 0.636 bits per heavy atom. The first-order valence-corrected chi connectivity index (χ1v) is 3.96. The van der Waals surface area contributed by atoms with Crippen LogP contribution in [0.15, 0.2) is 36.4 Å². The fraction of sp³-hybridized carbons (Fsp3) is 0.143. The largest absolute Gasteiger partial charge is 0.180 e. The maximum absolute atomic E-state index is 4.81. The fourth-order valence-electron chi connectivity index (χ4n) is 0.385. The molecule has 0 aliphatic rings. The number of alkyl halides is 3. The van der Waals surface area contributed by atoms with Gasteiger partial charge in [0.25, 0.3) is 0 Å². The molecule has 0 amide bonds. The van der Waals surface area contributed by atoms with E-state index in [4.69, 9.17) is 34.8 Å². The molecule has 0 saturated carbocycles. The molecule has 0 N–H and O–H groups in total. The second-order valence-electron chi connectivity index (χ2n) is 1.40. The Morgan fingerprint density at radius 3 is 0.818 bits per heavy atom. The molecule has 0 nitrogen and oxygen atoms in total. The van der Waals surface area contributed by atoms with Crippen LogP contribution in [-0.4, -0.2) is 30.5 Å². The van der Waals surface area contributed by atoms with E-state index in [1.54, 1.807) is 0 Å². The van der Waals surface area contributed by atoms with E-state index in [1.807, 2.05) is 36.4 Å². The molecule has 0 heterocycles. The monoisotopic (exact) mass is 405 g/mol. The molecule has 11 heavy (non-hydrogen) atoms. The molecular weight excluding hydrogens is 399 g/mol. The zero-order chi connectivity index (χ0) is 7.82. The van der Waals surface area contributed by atoms with Gasteiger partial charge in [-0.15, -0.1) is 0 Å². The van der Waals surface area contributed by atoms with E-state index in [1.165, 1.54) is 0 Å². The standard InChI is InChI=1S/C6H6.CHCl3.Bi/c1-2-4-6-5-3-1;2-1(3)4;/h1-6H;1H;. The van der Waals surface area contributed by atoms with Crippen LogP contribution < -0.4 is 0 Å². The first-order valence-electron chi connectivity index (χ1n) is 2.65. The summed E-state index contributed by atoms with van der Waals surface area (Å²) in [5.74, 6) is 0. The van der Waals surface area contributed by atoms with E-state index in [2.05, 4.69) is 0 Å². The normalized spacial score (nSPS) is 7.64. The molecule has 3 radical (unpaired) electrons. The van der Waals surface area contributed by atoms with Crippen molar-refractivity contribution >= 4 is 61.0 Å². The average Bonchev–Trinajstić information content (AvgIpc) is 1.90. The summed E-state index contributed by atoms with van der Waals surface area (Å²) < 4.78 is -0.750. The van der Waals surface area contributed by atoms with Crippen LogP contribution in [0.25, 0.3) is 0 Å². The summed E-state index contributed by atoms with van der Waals surface area (Å²) >= 11 is 14.4. The van der Waals surface area contributed by atoms with E-state index >= 15 is 0 Å². The van der Waals surface area contributed by atoms with Crippen molar-refractivity contribution in [3.63, 3.8) is 0 Å². The van der Waals surface area contributed by atoms with Crippen molar-refractivity contribution in [2.45, 2.75) is 4.30 Å². The number of benzene rings is 1. The Bertz CT molecular complexity index is 114. The van der Waals surface area contributed by atoms with Crippen molar-refractivity contribution in [3.8, 4) is 0 Å². The molecule has 1 aromatic carbocycles. The third kappa shape index (κ3) is 18.2. The molecule has 0 spiro atoms. The number of hydrogen-bond donors (Lipinski definition) is 0. The molecule has 0 bridgehead atoms. The SMILES string of the molecule is ClC(Cl)Cl.[Bi].c1ccccc1. The molecule has 0 saturated heterocycles. The summed E-state index contributed by atoms with van der Waals surface area (Å²) in [5, 5.41) is 0. The Morgan fingerprint density at radius 2 is 0.727 bits per heavy atom. The van der Waals surface area contributed by atoms with Crippen LogP contribution in [0.3, 0.4) is 0 Å². The summed E-state index contributed by atoms with van der Waals surface area (Å²) in [6, 6.07) is 12.0. The minimum Gasteiger partial charge on any atom is -0.0874 e. The van der Waals surface area contributed by atoms with Crippen molar-refractivity contribution in [2.75, 3.05) is 0 Å². The van der Waals surface area contributed by atoms with Gasteiger partial charge < -0.3 is 0 Å². The Labute approximate surface area is 101 Å². The van der Waals surface area contributed by atoms with Crippen LogP contribution >= 0.6 is 34.8 Å². The molecule has 1 aromatic rings. The van der Waals surface area contributed by atoms with Crippen LogP contribution in [0, 0.1) is 0 Å².